The van der Waals surface area contributed by atoms with Crippen LogP contribution in [0.2, 0.25) is 0 Å². The van der Waals surface area contributed by atoms with E-state index < -0.39 is 25.3 Å². The summed E-state index contributed by atoms with van der Waals surface area (Å²) in [6, 6.07) is 0. The molecule has 0 spiro atoms. The monoisotopic (exact) mass is 278 g/mol. The summed E-state index contributed by atoms with van der Waals surface area (Å²) < 4.78 is 27.0. The fourth-order valence-electron chi connectivity index (χ4n) is 1.26. The number of carbonyl (C=O) groups is 1. The average Bonchev–Trinajstić information content (AvgIpc) is 2.30. The quantitative estimate of drug-likeness (QED) is 0.412. The minimum absolute atomic E-state index is 0.00354. The second-order valence-corrected chi connectivity index (χ2v) is 5.50. The van der Waals surface area contributed by atoms with Crippen LogP contribution in [-0.4, -0.2) is 36.2 Å². The molecule has 0 aliphatic rings. The van der Waals surface area contributed by atoms with Crippen molar-refractivity contribution in [2.45, 2.75) is 32.5 Å². The van der Waals surface area contributed by atoms with Crippen LogP contribution in [0.4, 0.5) is 0 Å². The van der Waals surface area contributed by atoms with Gasteiger partial charge in [0.2, 0.25) is 0 Å². The van der Waals surface area contributed by atoms with Gasteiger partial charge in [-0.15, -0.1) is 12.3 Å². The Balaban J connectivity index is 5.45. The first-order valence-electron chi connectivity index (χ1n) is 5.64. The highest BCUT2D eigenvalue weighted by Crippen LogP contribution is 2.60. The standard InChI is InChI=1S/C11H19O6P/c1-5-9-11(13,10(12)15-6-2)18(14,16-7-3)17-8-4/h1,13H,6-9H2,2-4H3. The fraction of sp³-hybridized carbons (Fsp3) is 0.727. The highest BCUT2D eigenvalue weighted by atomic mass is 31.2. The van der Waals surface area contributed by atoms with E-state index in [1.807, 2.05) is 0 Å². The maximum Gasteiger partial charge on any atom is 0.374 e. The number of rotatable bonds is 8. The third-order valence-electron chi connectivity index (χ3n) is 2.00. The van der Waals surface area contributed by atoms with Gasteiger partial charge in [0.1, 0.15) is 0 Å². The molecule has 104 valence electrons. The minimum atomic E-state index is -4.11. The molecule has 0 rings (SSSR count). The predicted molar refractivity (Wildman–Crippen MR) is 65.9 cm³/mol. The molecule has 18 heavy (non-hydrogen) atoms. The first kappa shape index (κ1) is 17.1. The second-order valence-electron chi connectivity index (χ2n) is 3.25. The smallest absolute Gasteiger partial charge is 0.374 e. The average molecular weight is 278 g/mol. The van der Waals surface area contributed by atoms with Crippen LogP contribution in [0, 0.1) is 12.3 Å². The van der Waals surface area contributed by atoms with Crippen molar-refractivity contribution >= 4 is 13.6 Å². The molecular weight excluding hydrogens is 259 g/mol. The zero-order chi connectivity index (χ0) is 14.2. The van der Waals surface area contributed by atoms with E-state index in [2.05, 4.69) is 10.7 Å². The summed E-state index contributed by atoms with van der Waals surface area (Å²) in [5, 5.41) is 7.79. The Kier molecular flexibility index (Phi) is 7.19. The lowest BCUT2D eigenvalue weighted by atomic mass is 10.2. The van der Waals surface area contributed by atoms with Crippen molar-refractivity contribution in [2.24, 2.45) is 0 Å². The van der Waals surface area contributed by atoms with Gasteiger partial charge in [-0.1, -0.05) is 0 Å². The Labute approximate surface area is 107 Å². The Bertz CT molecular complexity index is 351. The van der Waals surface area contributed by atoms with Crippen LogP contribution in [-0.2, 0) is 23.1 Å². The van der Waals surface area contributed by atoms with Crippen molar-refractivity contribution in [1.82, 2.24) is 0 Å². The van der Waals surface area contributed by atoms with Crippen LogP contribution in [0.1, 0.15) is 27.2 Å². The molecule has 0 aliphatic heterocycles. The Morgan fingerprint density at radius 1 is 1.28 bits per heavy atom. The fourth-order valence-corrected chi connectivity index (χ4v) is 3.02. The summed E-state index contributed by atoms with van der Waals surface area (Å²) in [4.78, 5) is 11.8. The number of aliphatic hydroxyl groups is 1. The van der Waals surface area contributed by atoms with E-state index in [4.69, 9.17) is 15.5 Å². The van der Waals surface area contributed by atoms with E-state index in [-0.39, 0.29) is 19.8 Å². The predicted octanol–water partition coefficient (Wildman–Crippen LogP) is 1.53. The molecule has 0 aliphatic carbocycles. The van der Waals surface area contributed by atoms with Gasteiger partial charge >= 0.3 is 13.6 Å². The van der Waals surface area contributed by atoms with Gasteiger partial charge in [-0.2, -0.15) is 0 Å². The molecule has 6 nitrogen and oxygen atoms in total. The summed E-state index contributed by atoms with van der Waals surface area (Å²) in [6.45, 7) is 4.71. The van der Waals surface area contributed by atoms with Gasteiger partial charge in [-0.05, 0) is 20.8 Å². The van der Waals surface area contributed by atoms with Crippen LogP contribution in [0.25, 0.3) is 0 Å². The van der Waals surface area contributed by atoms with E-state index >= 15 is 0 Å². The molecular formula is C11H19O6P. The maximum atomic E-state index is 12.5. The summed E-state index contributed by atoms with van der Waals surface area (Å²) >= 11 is 0. The Hall–Kier alpha value is -0.860. The molecule has 0 heterocycles. The number of terminal acetylenes is 1. The lowest BCUT2D eigenvalue weighted by Crippen LogP contribution is -2.41. The van der Waals surface area contributed by atoms with Crippen LogP contribution in [0.3, 0.4) is 0 Å². The van der Waals surface area contributed by atoms with E-state index in [0.717, 1.165) is 0 Å². The van der Waals surface area contributed by atoms with Crippen molar-refractivity contribution in [3.05, 3.63) is 0 Å². The third-order valence-corrected chi connectivity index (χ3v) is 4.45. The molecule has 0 saturated heterocycles. The molecule has 0 bridgehead atoms. The van der Waals surface area contributed by atoms with E-state index in [1.54, 1.807) is 20.8 Å². The van der Waals surface area contributed by atoms with Crippen molar-refractivity contribution < 1.29 is 28.3 Å². The molecule has 1 unspecified atom stereocenters. The molecule has 7 heteroatoms. The van der Waals surface area contributed by atoms with Crippen LogP contribution in [0.15, 0.2) is 0 Å². The molecule has 1 atom stereocenters. The van der Waals surface area contributed by atoms with Crippen LogP contribution < -0.4 is 0 Å². The zero-order valence-corrected chi connectivity index (χ0v) is 11.7. The Morgan fingerprint density at radius 3 is 2.11 bits per heavy atom. The lowest BCUT2D eigenvalue weighted by molar-refractivity contribution is -0.158. The van der Waals surface area contributed by atoms with E-state index in [9.17, 15) is 14.5 Å². The van der Waals surface area contributed by atoms with Crippen molar-refractivity contribution in [3.63, 3.8) is 0 Å². The molecule has 1 N–H and O–H groups in total. The zero-order valence-electron chi connectivity index (χ0n) is 10.8. The van der Waals surface area contributed by atoms with Gasteiger partial charge in [-0.3, -0.25) is 4.57 Å². The molecule has 0 fully saturated rings. The van der Waals surface area contributed by atoms with Crippen LogP contribution in [0.5, 0.6) is 0 Å². The molecule has 0 aromatic carbocycles. The van der Waals surface area contributed by atoms with Gasteiger partial charge in [0.25, 0.3) is 5.34 Å². The normalized spacial score (nSPS) is 14.6. The molecule has 0 radical (unpaired) electrons. The topological polar surface area (TPSA) is 82.1 Å². The largest absolute Gasteiger partial charge is 0.463 e. The molecule has 0 aromatic rings. The second kappa shape index (κ2) is 7.55. The highest BCUT2D eigenvalue weighted by molar-refractivity contribution is 7.56. The van der Waals surface area contributed by atoms with Crippen LogP contribution >= 0.6 is 7.60 Å². The van der Waals surface area contributed by atoms with Crippen molar-refractivity contribution in [2.75, 3.05) is 19.8 Å². The number of hydrogen-bond donors (Lipinski definition) is 1. The summed E-state index contributed by atoms with van der Waals surface area (Å²) in [5.41, 5.74) is 0. The summed E-state index contributed by atoms with van der Waals surface area (Å²) in [7, 11) is -4.11. The van der Waals surface area contributed by atoms with Crippen molar-refractivity contribution in [1.29, 1.82) is 0 Å². The first-order chi connectivity index (χ1) is 8.41. The van der Waals surface area contributed by atoms with Gasteiger partial charge in [0.15, 0.2) is 0 Å². The van der Waals surface area contributed by atoms with E-state index in [0.29, 0.717) is 0 Å². The highest BCUT2D eigenvalue weighted by Gasteiger charge is 2.56. The van der Waals surface area contributed by atoms with E-state index in [1.165, 1.54) is 0 Å². The van der Waals surface area contributed by atoms with Crippen molar-refractivity contribution in [3.8, 4) is 12.3 Å². The molecule has 0 saturated carbocycles. The van der Waals surface area contributed by atoms with Gasteiger partial charge in [0.05, 0.1) is 26.2 Å². The molecule has 0 amide bonds. The minimum Gasteiger partial charge on any atom is -0.463 e. The first-order valence-corrected chi connectivity index (χ1v) is 7.18. The lowest BCUT2D eigenvalue weighted by Gasteiger charge is -2.30. The number of hydrogen-bond acceptors (Lipinski definition) is 6. The maximum absolute atomic E-state index is 12.5. The van der Waals surface area contributed by atoms with Gasteiger partial charge < -0.3 is 18.9 Å². The summed E-state index contributed by atoms with van der Waals surface area (Å²) in [6.07, 6.45) is 4.58. The number of esters is 1. The summed E-state index contributed by atoms with van der Waals surface area (Å²) in [5.74, 6) is 0.984. The molecule has 0 aromatic heterocycles. The Morgan fingerprint density at radius 2 is 1.78 bits per heavy atom. The van der Waals surface area contributed by atoms with Gasteiger partial charge in [-0.25, -0.2) is 4.79 Å². The number of ether oxygens (including phenoxy) is 1. The third kappa shape index (κ3) is 3.56. The SMILES string of the molecule is C#CCC(O)(C(=O)OCC)P(=O)(OCC)OCC. The number of carbonyl (C=O) groups excluding carboxylic acids is 1. The van der Waals surface area contributed by atoms with Gasteiger partial charge in [0, 0.05) is 0 Å².